The molecule has 5 rings (SSSR count). The molecule has 0 N–H and O–H groups in total. The van der Waals surface area contributed by atoms with Crippen LogP contribution in [-0.4, -0.2) is 18.4 Å². The zero-order valence-corrected chi connectivity index (χ0v) is 26.9. The first kappa shape index (κ1) is 38.0. The van der Waals surface area contributed by atoms with Gasteiger partial charge in [-0.05, 0) is 0 Å². The van der Waals surface area contributed by atoms with Gasteiger partial charge in [-0.25, -0.2) is 0 Å². The summed E-state index contributed by atoms with van der Waals surface area (Å²) in [7, 11) is 0. The topological polar surface area (TPSA) is 0 Å². The van der Waals surface area contributed by atoms with E-state index >= 15 is 35.1 Å². The van der Waals surface area contributed by atoms with Crippen LogP contribution in [0.1, 0.15) is 22.3 Å². The van der Waals surface area contributed by atoms with Gasteiger partial charge < -0.3 is 0 Å². The molecular formula is C30H6F20Sn. The summed E-state index contributed by atoms with van der Waals surface area (Å²) in [6.45, 7) is 0. The third-order valence-corrected chi connectivity index (χ3v) is 17.8. The van der Waals surface area contributed by atoms with Gasteiger partial charge in [0.1, 0.15) is 0 Å². The Labute approximate surface area is 272 Å². The van der Waals surface area contributed by atoms with Crippen molar-refractivity contribution in [3.8, 4) is 0 Å². The van der Waals surface area contributed by atoms with Crippen LogP contribution in [0.5, 0.6) is 0 Å². The van der Waals surface area contributed by atoms with Crippen molar-refractivity contribution < 1.29 is 87.8 Å². The second-order valence-electron chi connectivity index (χ2n) is 10.9. The molecule has 0 spiro atoms. The fraction of sp³-hybridized carbons (Fsp3) is 0.0667. The molecule has 51 heavy (non-hydrogen) atoms. The SMILES string of the molecule is [CH3][Sn]1([CH3])[C](c2c(F)c(F)c(F)c(F)c2F)=C(c2c(F)c(F)c(F)c(F)c2F)C(c2c(F)c(F)c(F)c(F)c2F)=[C]1c1c(F)c(F)c(F)c(F)c1F. The molecule has 0 aliphatic carbocycles. The summed E-state index contributed by atoms with van der Waals surface area (Å²) >= 11 is -6.77. The third kappa shape index (κ3) is 5.05. The monoisotopic (exact) mass is 866 g/mol. The van der Waals surface area contributed by atoms with Crippen molar-refractivity contribution in [3.63, 3.8) is 0 Å². The van der Waals surface area contributed by atoms with E-state index < -0.39 is 175 Å². The number of rotatable bonds is 4. The molecule has 270 valence electrons. The Kier molecular flexibility index (Phi) is 9.29. The van der Waals surface area contributed by atoms with Gasteiger partial charge in [0, 0.05) is 0 Å². The van der Waals surface area contributed by atoms with Crippen LogP contribution in [0.4, 0.5) is 87.8 Å². The van der Waals surface area contributed by atoms with E-state index in [9.17, 15) is 52.7 Å². The Hall–Kier alpha value is -4.24. The minimum atomic E-state index is -6.77. The molecule has 0 aromatic heterocycles. The summed E-state index contributed by atoms with van der Waals surface area (Å²) in [5.74, 6) is -61.1. The molecule has 1 aliphatic heterocycles. The van der Waals surface area contributed by atoms with E-state index in [1.165, 1.54) is 0 Å². The zero-order valence-electron chi connectivity index (χ0n) is 24.1. The van der Waals surface area contributed by atoms with Gasteiger partial charge >= 0.3 is 273 Å². The van der Waals surface area contributed by atoms with Gasteiger partial charge in [-0.3, -0.25) is 0 Å². The molecule has 4 aromatic carbocycles. The number of hydrogen-bond donors (Lipinski definition) is 0. The average Bonchev–Trinajstić information content (AvgIpc) is 3.30. The Bertz CT molecular complexity index is 2060. The molecule has 1 aliphatic rings. The van der Waals surface area contributed by atoms with Crippen LogP contribution < -0.4 is 0 Å². The van der Waals surface area contributed by atoms with Crippen molar-refractivity contribution >= 4 is 36.7 Å². The van der Waals surface area contributed by atoms with Crippen molar-refractivity contribution in [3.05, 3.63) is 139 Å². The second kappa shape index (κ2) is 12.5. The maximum absolute atomic E-state index is 15.5. The van der Waals surface area contributed by atoms with Gasteiger partial charge in [0.05, 0.1) is 0 Å². The van der Waals surface area contributed by atoms with Crippen LogP contribution in [0.15, 0.2) is 0 Å². The Morgan fingerprint density at radius 2 is 0.353 bits per heavy atom. The summed E-state index contributed by atoms with van der Waals surface area (Å²) < 4.78 is 293. The van der Waals surface area contributed by atoms with E-state index in [-0.39, 0.29) is 0 Å². The molecule has 0 bridgehead atoms. The van der Waals surface area contributed by atoms with E-state index in [4.69, 9.17) is 0 Å². The molecule has 0 radical (unpaired) electrons. The summed E-state index contributed by atoms with van der Waals surface area (Å²) in [5.41, 5.74) is -15.1. The fourth-order valence-corrected chi connectivity index (χ4v) is 16.2. The summed E-state index contributed by atoms with van der Waals surface area (Å²) in [5, 5.41) is 0. The Morgan fingerprint density at radius 3 is 0.529 bits per heavy atom. The van der Waals surface area contributed by atoms with E-state index in [1.54, 1.807) is 0 Å². The van der Waals surface area contributed by atoms with Gasteiger partial charge in [0.15, 0.2) is 0 Å². The molecule has 0 unspecified atom stereocenters. The van der Waals surface area contributed by atoms with Crippen molar-refractivity contribution in [2.45, 2.75) is 9.88 Å². The first-order valence-electron chi connectivity index (χ1n) is 13.0. The summed E-state index contributed by atoms with van der Waals surface area (Å²) in [4.78, 5) is 0.807. The summed E-state index contributed by atoms with van der Waals surface area (Å²) in [6, 6.07) is 0. The molecule has 0 saturated carbocycles. The standard InChI is InChI=1S/C28F20.2CH3.Sn/c29-9-5(10(30)18(38)25(45)17(9)37)1-3(7-13(33)21(41)27(47)22(42)14(7)34)4(8-15(35)23(43)28(48)24(44)16(8)36)2-6-11(31)19(39)26(46)20(40)12(6)32;;;/h;2*1H3;. The van der Waals surface area contributed by atoms with Gasteiger partial charge in [0.2, 0.25) is 0 Å². The molecule has 0 nitrogen and oxygen atoms in total. The van der Waals surface area contributed by atoms with Crippen LogP contribution >= 0.6 is 0 Å². The van der Waals surface area contributed by atoms with Crippen molar-refractivity contribution in [1.29, 1.82) is 0 Å². The molecule has 21 heteroatoms. The average molecular weight is 865 g/mol. The van der Waals surface area contributed by atoms with E-state index in [1.807, 2.05) is 0 Å². The third-order valence-electron chi connectivity index (χ3n) is 7.84. The molecule has 0 amide bonds. The Morgan fingerprint density at radius 1 is 0.216 bits per heavy atom. The second-order valence-corrected chi connectivity index (χ2v) is 23.0. The summed E-state index contributed by atoms with van der Waals surface area (Å²) in [6.07, 6.45) is 0. The molecule has 0 saturated heterocycles. The fourth-order valence-electron chi connectivity index (χ4n) is 5.67. The van der Waals surface area contributed by atoms with Gasteiger partial charge in [-0.1, -0.05) is 0 Å². The predicted octanol–water partition coefficient (Wildman–Crippen LogP) is 10.8. The van der Waals surface area contributed by atoms with Crippen LogP contribution in [0.25, 0.3) is 18.3 Å². The van der Waals surface area contributed by atoms with Crippen molar-refractivity contribution in [2.24, 2.45) is 0 Å². The van der Waals surface area contributed by atoms with Crippen LogP contribution in [0.2, 0.25) is 9.88 Å². The molecular weight excluding hydrogens is 859 g/mol. The van der Waals surface area contributed by atoms with E-state index in [0.29, 0.717) is 9.88 Å². The van der Waals surface area contributed by atoms with Crippen LogP contribution in [0.3, 0.4) is 0 Å². The number of hydrogen-bond acceptors (Lipinski definition) is 0. The maximum atomic E-state index is 15.5. The predicted molar refractivity (Wildman–Crippen MR) is 136 cm³/mol. The van der Waals surface area contributed by atoms with E-state index in [2.05, 4.69) is 0 Å². The first-order valence-corrected chi connectivity index (χ1v) is 21.6. The minimum absolute atomic E-state index is 0.403. The van der Waals surface area contributed by atoms with Crippen LogP contribution in [-0.2, 0) is 0 Å². The molecule has 1 heterocycles. The normalized spacial score (nSPS) is 14.5. The van der Waals surface area contributed by atoms with Crippen LogP contribution in [0, 0.1) is 116 Å². The van der Waals surface area contributed by atoms with Gasteiger partial charge in [-0.15, -0.1) is 0 Å². The first-order chi connectivity index (χ1) is 23.5. The van der Waals surface area contributed by atoms with Crippen molar-refractivity contribution in [2.75, 3.05) is 0 Å². The van der Waals surface area contributed by atoms with E-state index in [0.717, 1.165) is 0 Å². The Balaban J connectivity index is 2.28. The molecule has 0 atom stereocenters. The molecule has 0 fully saturated rings. The number of halogens is 20. The molecule has 4 aromatic rings. The number of benzene rings is 4. The number of allylic oxidation sites excluding steroid dienone is 2. The quantitative estimate of drug-likeness (QED) is 0.0830. The van der Waals surface area contributed by atoms with Crippen molar-refractivity contribution in [1.82, 2.24) is 0 Å². The zero-order chi connectivity index (χ0) is 38.7. The van der Waals surface area contributed by atoms with Gasteiger partial charge in [0.25, 0.3) is 0 Å². The van der Waals surface area contributed by atoms with Gasteiger partial charge in [-0.2, -0.15) is 0 Å².